The second-order valence-corrected chi connectivity index (χ2v) is 8.43. The van der Waals surface area contributed by atoms with Crippen LogP contribution in [0.4, 0.5) is 5.69 Å². The molecule has 4 rings (SSSR count). The van der Waals surface area contributed by atoms with E-state index in [4.69, 9.17) is 11.6 Å². The highest BCUT2D eigenvalue weighted by molar-refractivity contribution is 6.35. The van der Waals surface area contributed by atoms with Crippen LogP contribution in [0, 0.1) is 17.8 Å². The first-order valence-electron chi connectivity index (χ1n) is 9.58. The number of unbranched alkanes of at least 4 members (excludes halogenated alkanes) is 1. The maximum atomic E-state index is 13.3. The zero-order valence-electron chi connectivity index (χ0n) is 15.7. The highest BCUT2D eigenvalue weighted by atomic mass is 35.5. The number of para-hydroxylation sites is 1. The first-order chi connectivity index (χ1) is 12.8. The van der Waals surface area contributed by atoms with Crippen molar-refractivity contribution in [3.05, 3.63) is 28.8 Å². The van der Waals surface area contributed by atoms with E-state index in [0.29, 0.717) is 22.8 Å². The predicted octanol–water partition coefficient (Wildman–Crippen LogP) is 2.52. The topological polar surface area (TPSA) is 78.5 Å². The minimum atomic E-state index is -1.24. The summed E-state index contributed by atoms with van der Waals surface area (Å²) in [5.74, 6) is -1.90. The lowest BCUT2D eigenvalue weighted by atomic mass is 9.76. The number of likely N-dealkylation sites (tertiary alicyclic amines) is 1. The molecule has 4 unspecified atom stereocenters. The van der Waals surface area contributed by atoms with Crippen LogP contribution in [-0.4, -0.2) is 35.2 Å². The third-order valence-electron chi connectivity index (χ3n) is 6.18. The summed E-state index contributed by atoms with van der Waals surface area (Å²) in [6.07, 6.45) is 1.65. The maximum absolute atomic E-state index is 13.3. The first kappa shape index (κ1) is 18.4. The lowest BCUT2D eigenvalue weighted by Crippen LogP contribution is -2.54. The summed E-state index contributed by atoms with van der Waals surface area (Å²) in [5, 5.41) is 6.68. The molecule has 0 aromatic heterocycles. The number of amides is 3. The zero-order chi connectivity index (χ0) is 19.5. The number of hydrogen-bond donors (Lipinski definition) is 2. The number of nitrogens with one attached hydrogen (secondary N) is 2. The predicted molar refractivity (Wildman–Crippen MR) is 102 cm³/mol. The number of nitrogens with zero attached hydrogens (tertiary/aromatic N) is 1. The smallest absolute Gasteiger partial charge is 0.250 e. The number of fused-ring (bicyclic) bond motifs is 4. The number of halogens is 1. The molecule has 1 spiro atoms. The molecule has 3 amide bonds. The van der Waals surface area contributed by atoms with Crippen molar-refractivity contribution >= 4 is 35.0 Å². The van der Waals surface area contributed by atoms with Crippen molar-refractivity contribution in [3.63, 3.8) is 0 Å². The largest absolute Gasteiger partial charge is 0.323 e. The fourth-order valence-electron chi connectivity index (χ4n) is 4.89. The van der Waals surface area contributed by atoms with Gasteiger partial charge in [0.15, 0.2) is 0 Å². The number of anilines is 1. The Kier molecular flexibility index (Phi) is 4.31. The van der Waals surface area contributed by atoms with Crippen molar-refractivity contribution in [1.29, 1.82) is 0 Å². The summed E-state index contributed by atoms with van der Waals surface area (Å²) >= 11 is 6.30. The molecule has 0 aliphatic carbocycles. The molecule has 144 valence electrons. The van der Waals surface area contributed by atoms with Crippen molar-refractivity contribution in [2.75, 3.05) is 11.9 Å². The molecule has 2 N–H and O–H groups in total. The Balaban J connectivity index is 1.87. The van der Waals surface area contributed by atoms with Crippen LogP contribution in [0.25, 0.3) is 0 Å². The van der Waals surface area contributed by atoms with E-state index in [-0.39, 0.29) is 29.7 Å². The highest BCUT2D eigenvalue weighted by Gasteiger charge is 2.70. The van der Waals surface area contributed by atoms with Crippen LogP contribution < -0.4 is 10.6 Å². The number of benzene rings is 1. The molecule has 3 aliphatic heterocycles. The van der Waals surface area contributed by atoms with Crippen LogP contribution in [0.3, 0.4) is 0 Å². The van der Waals surface area contributed by atoms with Crippen molar-refractivity contribution in [3.8, 4) is 0 Å². The molecule has 4 atom stereocenters. The van der Waals surface area contributed by atoms with Crippen LogP contribution in [0.1, 0.15) is 39.2 Å². The van der Waals surface area contributed by atoms with Gasteiger partial charge < -0.3 is 5.32 Å². The molecule has 0 bridgehead atoms. The monoisotopic (exact) mass is 389 g/mol. The van der Waals surface area contributed by atoms with Gasteiger partial charge in [-0.1, -0.05) is 50.9 Å². The molecule has 0 saturated carbocycles. The van der Waals surface area contributed by atoms with Crippen molar-refractivity contribution < 1.29 is 14.4 Å². The summed E-state index contributed by atoms with van der Waals surface area (Å²) in [6.45, 7) is 6.44. The molecule has 1 aromatic rings. The quantitative estimate of drug-likeness (QED) is 0.775. The molecular formula is C20H24ClN3O3. The van der Waals surface area contributed by atoms with Crippen molar-refractivity contribution in [2.24, 2.45) is 17.8 Å². The molecular weight excluding hydrogens is 366 g/mol. The Morgan fingerprint density at radius 1 is 1.22 bits per heavy atom. The molecule has 0 radical (unpaired) electrons. The lowest BCUT2D eigenvalue weighted by molar-refractivity contribution is -0.143. The minimum absolute atomic E-state index is 0.0933. The SMILES string of the molecule is CCCCN1C(=O)C2C(C(C)C)NC3(C(=O)Nc4c(Cl)cccc43)C2C1=O. The minimum Gasteiger partial charge on any atom is -0.323 e. The van der Waals surface area contributed by atoms with Crippen molar-refractivity contribution in [1.82, 2.24) is 10.2 Å². The average Bonchev–Trinajstić information content (AvgIpc) is 3.21. The van der Waals surface area contributed by atoms with E-state index in [2.05, 4.69) is 10.6 Å². The van der Waals surface area contributed by atoms with Crippen LogP contribution in [0.5, 0.6) is 0 Å². The van der Waals surface area contributed by atoms with Gasteiger partial charge in [-0.2, -0.15) is 0 Å². The third kappa shape index (κ3) is 2.32. The van der Waals surface area contributed by atoms with Gasteiger partial charge in [0.1, 0.15) is 5.54 Å². The van der Waals surface area contributed by atoms with Crippen LogP contribution in [0.15, 0.2) is 18.2 Å². The second kappa shape index (κ2) is 6.31. The van der Waals surface area contributed by atoms with Gasteiger partial charge in [-0.05, 0) is 18.4 Å². The second-order valence-electron chi connectivity index (χ2n) is 8.02. The molecule has 2 fully saturated rings. The Morgan fingerprint density at radius 2 is 1.96 bits per heavy atom. The van der Waals surface area contributed by atoms with E-state index in [9.17, 15) is 14.4 Å². The molecule has 6 nitrogen and oxygen atoms in total. The number of imide groups is 1. The maximum Gasteiger partial charge on any atom is 0.250 e. The van der Waals surface area contributed by atoms with E-state index in [1.807, 2.05) is 26.8 Å². The van der Waals surface area contributed by atoms with E-state index < -0.39 is 17.4 Å². The van der Waals surface area contributed by atoms with Gasteiger partial charge in [-0.15, -0.1) is 0 Å². The van der Waals surface area contributed by atoms with Gasteiger partial charge in [-0.3, -0.25) is 24.6 Å². The summed E-state index contributed by atoms with van der Waals surface area (Å²) in [6, 6.07) is 5.05. The van der Waals surface area contributed by atoms with Gasteiger partial charge in [0.05, 0.1) is 22.5 Å². The standard InChI is InChI=1S/C20H24ClN3O3/c1-4-5-9-24-17(25)13-14(18(24)26)20(23-15(13)10(2)3)11-7-6-8-12(21)16(11)22-19(20)27/h6-8,10,13-15,23H,4-5,9H2,1-3H3,(H,22,27). The molecule has 3 heterocycles. The Hall–Kier alpha value is -1.92. The molecule has 2 saturated heterocycles. The molecule has 1 aromatic carbocycles. The zero-order valence-corrected chi connectivity index (χ0v) is 16.5. The summed E-state index contributed by atoms with van der Waals surface area (Å²) in [7, 11) is 0. The van der Waals surface area contributed by atoms with E-state index in [1.165, 1.54) is 4.90 Å². The van der Waals surface area contributed by atoms with E-state index >= 15 is 0 Å². The Bertz CT molecular complexity index is 840. The summed E-state index contributed by atoms with van der Waals surface area (Å²) in [5.41, 5.74) is -0.0446. The van der Waals surface area contributed by atoms with Gasteiger partial charge in [0.25, 0.3) is 0 Å². The van der Waals surface area contributed by atoms with Crippen molar-refractivity contribution in [2.45, 2.75) is 45.2 Å². The number of hydrogen-bond acceptors (Lipinski definition) is 4. The molecule has 7 heteroatoms. The fraction of sp³-hybridized carbons (Fsp3) is 0.550. The summed E-state index contributed by atoms with van der Waals surface area (Å²) in [4.78, 5) is 41.0. The lowest BCUT2D eigenvalue weighted by Gasteiger charge is -2.30. The van der Waals surface area contributed by atoms with Crippen LogP contribution in [-0.2, 0) is 19.9 Å². The van der Waals surface area contributed by atoms with E-state index in [1.54, 1.807) is 12.1 Å². The molecule has 27 heavy (non-hydrogen) atoms. The third-order valence-corrected chi connectivity index (χ3v) is 6.49. The van der Waals surface area contributed by atoms with E-state index in [0.717, 1.165) is 12.8 Å². The number of carbonyl (C=O) groups is 3. The molecule has 3 aliphatic rings. The Labute approximate surface area is 163 Å². The number of rotatable bonds is 4. The number of carbonyl (C=O) groups excluding carboxylic acids is 3. The Morgan fingerprint density at radius 3 is 2.63 bits per heavy atom. The summed E-state index contributed by atoms with van der Waals surface area (Å²) < 4.78 is 0. The first-order valence-corrected chi connectivity index (χ1v) is 9.95. The average molecular weight is 390 g/mol. The van der Waals surface area contributed by atoms with Gasteiger partial charge in [0.2, 0.25) is 17.7 Å². The van der Waals surface area contributed by atoms with Gasteiger partial charge in [0, 0.05) is 18.2 Å². The van der Waals surface area contributed by atoms with Gasteiger partial charge in [-0.25, -0.2) is 0 Å². The van der Waals surface area contributed by atoms with Gasteiger partial charge >= 0.3 is 0 Å². The normalized spacial score (nSPS) is 31.8. The fourth-order valence-corrected chi connectivity index (χ4v) is 5.12. The van der Waals surface area contributed by atoms with Crippen LogP contribution in [0.2, 0.25) is 5.02 Å². The van der Waals surface area contributed by atoms with Crippen LogP contribution >= 0.6 is 11.6 Å². The highest BCUT2D eigenvalue weighted by Crippen LogP contribution is 2.54.